The number of thiazole rings is 2. The van der Waals surface area contributed by atoms with Crippen LogP contribution in [-0.4, -0.2) is 9.97 Å². The van der Waals surface area contributed by atoms with Gasteiger partial charge in [-0.05, 0) is 13.8 Å². The second kappa shape index (κ2) is 3.18. The molecule has 0 atom stereocenters. The number of rotatable bonds is 0. The van der Waals surface area contributed by atoms with E-state index in [9.17, 15) is 8.78 Å². The topological polar surface area (TPSA) is 25.8 Å². The fraction of sp³-hybridized carbons (Fsp3) is 0.200. The Morgan fingerprint density at radius 3 is 1.56 bits per heavy atom. The summed E-state index contributed by atoms with van der Waals surface area (Å²) < 4.78 is 28.8. The zero-order valence-corrected chi connectivity index (χ0v) is 10.1. The first-order chi connectivity index (χ1) is 7.58. The highest BCUT2D eigenvalue weighted by molar-refractivity contribution is 7.26. The van der Waals surface area contributed by atoms with Gasteiger partial charge in [-0.3, -0.25) is 0 Å². The summed E-state index contributed by atoms with van der Waals surface area (Å²) in [6.45, 7) is 3.56. The third-order valence-corrected chi connectivity index (χ3v) is 4.39. The lowest BCUT2D eigenvalue weighted by atomic mass is 10.3. The fourth-order valence-corrected chi connectivity index (χ4v) is 3.62. The van der Waals surface area contributed by atoms with Crippen LogP contribution in [-0.2, 0) is 0 Å². The zero-order chi connectivity index (χ0) is 11.4. The van der Waals surface area contributed by atoms with Gasteiger partial charge in [0.1, 0.15) is 11.0 Å². The largest absolute Gasteiger partial charge is 0.238 e. The highest BCUT2D eigenvalue weighted by atomic mass is 32.1. The van der Waals surface area contributed by atoms with Gasteiger partial charge in [-0.15, -0.1) is 22.7 Å². The molecule has 0 fully saturated rings. The maximum Gasteiger partial charge on any atom is 0.188 e. The lowest BCUT2D eigenvalue weighted by Crippen LogP contribution is -1.88. The molecule has 16 heavy (non-hydrogen) atoms. The Morgan fingerprint density at radius 2 is 1.19 bits per heavy atom. The first kappa shape index (κ1) is 10.0. The van der Waals surface area contributed by atoms with Crippen LogP contribution in [0.25, 0.3) is 20.4 Å². The molecule has 0 saturated carbocycles. The molecule has 1 aromatic carbocycles. The molecule has 0 aliphatic heterocycles. The third kappa shape index (κ3) is 1.20. The van der Waals surface area contributed by atoms with E-state index >= 15 is 0 Å². The van der Waals surface area contributed by atoms with E-state index in [0.29, 0.717) is 9.40 Å². The van der Waals surface area contributed by atoms with Crippen LogP contribution in [0.1, 0.15) is 10.0 Å². The number of nitrogens with zero attached hydrogens (tertiary/aromatic N) is 2. The Hall–Kier alpha value is -1.14. The van der Waals surface area contributed by atoms with Crippen molar-refractivity contribution in [1.29, 1.82) is 0 Å². The van der Waals surface area contributed by atoms with E-state index in [2.05, 4.69) is 9.97 Å². The Kier molecular flexibility index (Phi) is 1.99. The SMILES string of the molecule is Cc1nc2c(F)c(F)c3nc(C)sc3c2s1. The number of halogens is 2. The van der Waals surface area contributed by atoms with Crippen LogP contribution >= 0.6 is 22.7 Å². The van der Waals surface area contributed by atoms with Crippen molar-refractivity contribution in [3.05, 3.63) is 21.6 Å². The monoisotopic (exact) mass is 256 g/mol. The van der Waals surface area contributed by atoms with E-state index in [1.54, 1.807) is 13.8 Å². The normalized spacial score (nSPS) is 11.8. The van der Waals surface area contributed by atoms with Crippen LogP contribution in [0, 0.1) is 25.5 Å². The maximum atomic E-state index is 13.7. The highest BCUT2D eigenvalue weighted by Gasteiger charge is 2.20. The van der Waals surface area contributed by atoms with Gasteiger partial charge in [0, 0.05) is 0 Å². The van der Waals surface area contributed by atoms with E-state index in [1.807, 2.05) is 0 Å². The molecule has 0 saturated heterocycles. The molecule has 3 aromatic rings. The summed E-state index contributed by atoms with van der Waals surface area (Å²) >= 11 is 2.74. The predicted octanol–water partition coefficient (Wildman–Crippen LogP) is 3.80. The maximum absolute atomic E-state index is 13.7. The van der Waals surface area contributed by atoms with Gasteiger partial charge in [-0.1, -0.05) is 0 Å². The standard InChI is InChI=1S/C10H6F2N2S2/c1-3-13-7-5(11)6(12)8-10(9(7)15-3)16-4(2)14-8/h1-2H3. The molecule has 0 aliphatic carbocycles. The Bertz CT molecular complexity index is 653. The molecule has 0 bridgehead atoms. The molecule has 2 nitrogen and oxygen atoms in total. The molecule has 0 aliphatic rings. The van der Waals surface area contributed by atoms with E-state index < -0.39 is 11.6 Å². The number of benzene rings is 1. The average Bonchev–Trinajstić information content (AvgIpc) is 2.78. The number of hydrogen-bond acceptors (Lipinski definition) is 4. The van der Waals surface area contributed by atoms with Crippen molar-refractivity contribution < 1.29 is 8.78 Å². The van der Waals surface area contributed by atoms with Gasteiger partial charge in [0.2, 0.25) is 0 Å². The van der Waals surface area contributed by atoms with Crippen molar-refractivity contribution in [1.82, 2.24) is 9.97 Å². The highest BCUT2D eigenvalue weighted by Crippen LogP contribution is 2.37. The van der Waals surface area contributed by atoms with Crippen molar-refractivity contribution in [2.75, 3.05) is 0 Å². The first-order valence-electron chi connectivity index (χ1n) is 4.59. The molecule has 2 aromatic heterocycles. The van der Waals surface area contributed by atoms with Crippen LogP contribution < -0.4 is 0 Å². The van der Waals surface area contributed by atoms with Crippen molar-refractivity contribution in [2.45, 2.75) is 13.8 Å². The van der Waals surface area contributed by atoms with Crippen LogP contribution in [0.3, 0.4) is 0 Å². The van der Waals surface area contributed by atoms with Crippen LogP contribution in [0.4, 0.5) is 8.78 Å². The second-order valence-corrected chi connectivity index (χ2v) is 5.86. The van der Waals surface area contributed by atoms with E-state index in [-0.39, 0.29) is 11.0 Å². The van der Waals surface area contributed by atoms with Crippen molar-refractivity contribution in [3.63, 3.8) is 0 Å². The average molecular weight is 256 g/mol. The molecule has 0 unspecified atom stereocenters. The Balaban J connectivity index is 2.66. The molecule has 2 heterocycles. The molecule has 82 valence electrons. The van der Waals surface area contributed by atoms with Crippen LogP contribution in [0.5, 0.6) is 0 Å². The second-order valence-electron chi connectivity index (χ2n) is 3.45. The van der Waals surface area contributed by atoms with Crippen molar-refractivity contribution in [3.8, 4) is 0 Å². The smallest absolute Gasteiger partial charge is 0.188 e. The Labute approximate surface area is 97.6 Å². The van der Waals surface area contributed by atoms with Crippen LogP contribution in [0.15, 0.2) is 0 Å². The van der Waals surface area contributed by atoms with Gasteiger partial charge >= 0.3 is 0 Å². The van der Waals surface area contributed by atoms with Gasteiger partial charge in [-0.25, -0.2) is 18.7 Å². The minimum atomic E-state index is -0.892. The van der Waals surface area contributed by atoms with Gasteiger partial charge in [0.15, 0.2) is 11.6 Å². The lowest BCUT2D eigenvalue weighted by Gasteiger charge is -1.95. The number of hydrogen-bond donors (Lipinski definition) is 0. The number of aromatic nitrogens is 2. The fourth-order valence-electron chi connectivity index (χ4n) is 1.67. The van der Waals surface area contributed by atoms with E-state index in [0.717, 1.165) is 10.0 Å². The molecular formula is C10H6F2N2S2. The van der Waals surface area contributed by atoms with Crippen LogP contribution in [0.2, 0.25) is 0 Å². The lowest BCUT2D eigenvalue weighted by molar-refractivity contribution is 0.522. The molecule has 0 radical (unpaired) electrons. The molecule has 6 heteroatoms. The first-order valence-corrected chi connectivity index (χ1v) is 6.22. The molecular weight excluding hydrogens is 250 g/mol. The summed E-state index contributed by atoms with van der Waals surface area (Å²) in [4.78, 5) is 8.03. The van der Waals surface area contributed by atoms with Gasteiger partial charge in [0.05, 0.1) is 19.4 Å². The zero-order valence-electron chi connectivity index (χ0n) is 8.47. The molecule has 3 rings (SSSR count). The summed E-state index contributed by atoms with van der Waals surface area (Å²) in [6.07, 6.45) is 0. The summed E-state index contributed by atoms with van der Waals surface area (Å²) in [5, 5.41) is 1.46. The van der Waals surface area contributed by atoms with Crippen molar-refractivity contribution in [2.24, 2.45) is 0 Å². The molecule has 0 N–H and O–H groups in total. The summed E-state index contributed by atoms with van der Waals surface area (Å²) in [5.74, 6) is -1.78. The molecule has 0 amide bonds. The summed E-state index contributed by atoms with van der Waals surface area (Å²) in [5.41, 5.74) is 0.243. The predicted molar refractivity (Wildman–Crippen MR) is 62.2 cm³/mol. The Morgan fingerprint density at radius 1 is 0.812 bits per heavy atom. The quantitative estimate of drug-likeness (QED) is 0.611. The minimum Gasteiger partial charge on any atom is -0.238 e. The van der Waals surface area contributed by atoms with E-state index in [4.69, 9.17) is 0 Å². The number of aryl methyl sites for hydroxylation is 2. The third-order valence-electron chi connectivity index (χ3n) is 2.28. The van der Waals surface area contributed by atoms with Crippen molar-refractivity contribution >= 4 is 43.1 Å². The minimum absolute atomic E-state index is 0.121. The summed E-state index contributed by atoms with van der Waals surface area (Å²) in [6, 6.07) is 0. The number of fused-ring (bicyclic) bond motifs is 3. The van der Waals surface area contributed by atoms with Gasteiger partial charge in [0.25, 0.3) is 0 Å². The van der Waals surface area contributed by atoms with Gasteiger partial charge < -0.3 is 0 Å². The summed E-state index contributed by atoms with van der Waals surface area (Å²) in [7, 11) is 0. The van der Waals surface area contributed by atoms with E-state index in [1.165, 1.54) is 22.7 Å². The van der Waals surface area contributed by atoms with Gasteiger partial charge in [-0.2, -0.15) is 0 Å². The molecule has 0 spiro atoms.